The summed E-state index contributed by atoms with van der Waals surface area (Å²) in [7, 11) is 0. The second-order valence-electron chi connectivity index (χ2n) is 6.07. The maximum absolute atomic E-state index is 12.4. The number of hydrogen-bond acceptors (Lipinski definition) is 8. The Morgan fingerprint density at radius 3 is 2.57 bits per heavy atom. The van der Waals surface area contributed by atoms with Crippen molar-refractivity contribution in [1.29, 1.82) is 0 Å². The molecule has 0 aliphatic rings. The van der Waals surface area contributed by atoms with Gasteiger partial charge in [-0.1, -0.05) is 12.1 Å². The Balaban J connectivity index is 1.54. The van der Waals surface area contributed by atoms with Crippen molar-refractivity contribution in [2.75, 3.05) is 22.6 Å². The molecule has 11 heteroatoms. The smallest absolute Gasteiger partial charge is 0.325 e. The van der Waals surface area contributed by atoms with Gasteiger partial charge in [-0.15, -0.1) is 22.7 Å². The van der Waals surface area contributed by atoms with Crippen molar-refractivity contribution >= 4 is 56.5 Å². The zero-order valence-electron chi connectivity index (χ0n) is 16.2. The molecule has 0 unspecified atom stereocenters. The first-order chi connectivity index (χ1) is 14.4. The highest BCUT2D eigenvalue weighted by Crippen LogP contribution is 2.20. The molecular weight excluding hydrogens is 426 g/mol. The zero-order chi connectivity index (χ0) is 21.5. The number of urea groups is 1. The molecule has 1 aromatic carbocycles. The van der Waals surface area contributed by atoms with Gasteiger partial charge in [0.2, 0.25) is 0 Å². The highest BCUT2D eigenvalue weighted by atomic mass is 32.1. The van der Waals surface area contributed by atoms with Crippen molar-refractivity contribution < 1.29 is 19.1 Å². The van der Waals surface area contributed by atoms with Gasteiger partial charge < -0.3 is 10.1 Å². The average molecular weight is 446 g/mol. The Kier molecular flexibility index (Phi) is 7.09. The molecule has 0 aliphatic heterocycles. The van der Waals surface area contributed by atoms with Gasteiger partial charge in [0.1, 0.15) is 5.69 Å². The summed E-state index contributed by atoms with van der Waals surface area (Å²) in [5.41, 5.74) is 2.34. The van der Waals surface area contributed by atoms with Crippen LogP contribution in [0.25, 0.3) is 0 Å². The maximum Gasteiger partial charge on any atom is 0.325 e. The van der Waals surface area contributed by atoms with Crippen LogP contribution >= 0.6 is 22.7 Å². The Labute approximate surface area is 180 Å². The number of amides is 3. The van der Waals surface area contributed by atoms with E-state index in [1.807, 2.05) is 25.1 Å². The van der Waals surface area contributed by atoms with Gasteiger partial charge in [-0.3, -0.25) is 20.2 Å². The number of benzene rings is 1. The second-order valence-corrected chi connectivity index (χ2v) is 7.78. The summed E-state index contributed by atoms with van der Waals surface area (Å²) in [6.07, 6.45) is 0.0427. The molecule has 0 spiro atoms. The van der Waals surface area contributed by atoms with Gasteiger partial charge in [0, 0.05) is 16.4 Å². The first-order valence-corrected chi connectivity index (χ1v) is 10.7. The van der Waals surface area contributed by atoms with Crippen molar-refractivity contribution in [3.63, 3.8) is 0 Å². The molecule has 0 saturated carbocycles. The minimum atomic E-state index is -0.463. The number of nitrogens with zero attached hydrogens (tertiary/aromatic N) is 2. The highest BCUT2D eigenvalue weighted by Gasteiger charge is 2.15. The Bertz CT molecular complexity index is 1060. The van der Waals surface area contributed by atoms with Crippen LogP contribution in [0.3, 0.4) is 0 Å². The van der Waals surface area contributed by atoms with E-state index in [2.05, 4.69) is 25.9 Å². The fraction of sp³-hybridized carbons (Fsp3) is 0.211. The largest absolute Gasteiger partial charge is 0.466 e. The van der Waals surface area contributed by atoms with E-state index in [9.17, 15) is 14.4 Å². The SMILES string of the molecule is CCOC(=O)Cc1csc(NC(=O)c2csc(NC(=O)Nc3cccc(C)c3)n2)n1. The molecule has 0 saturated heterocycles. The van der Waals surface area contributed by atoms with E-state index >= 15 is 0 Å². The van der Waals surface area contributed by atoms with E-state index in [1.165, 1.54) is 16.7 Å². The first-order valence-electron chi connectivity index (χ1n) is 8.94. The molecule has 3 rings (SSSR count). The van der Waals surface area contributed by atoms with Crippen LogP contribution in [-0.2, 0) is 16.0 Å². The zero-order valence-corrected chi connectivity index (χ0v) is 17.9. The van der Waals surface area contributed by atoms with Crippen molar-refractivity contribution in [2.24, 2.45) is 0 Å². The van der Waals surface area contributed by atoms with Crippen LogP contribution in [0.2, 0.25) is 0 Å². The van der Waals surface area contributed by atoms with E-state index in [4.69, 9.17) is 4.74 Å². The third-order valence-corrected chi connectivity index (χ3v) is 5.20. The number of aromatic nitrogens is 2. The fourth-order valence-corrected chi connectivity index (χ4v) is 3.78. The number of rotatable bonds is 7. The van der Waals surface area contributed by atoms with Crippen LogP contribution in [0.1, 0.15) is 28.7 Å². The number of hydrogen-bond donors (Lipinski definition) is 3. The molecular formula is C19H19N5O4S2. The fourth-order valence-electron chi connectivity index (χ4n) is 2.38. The molecule has 3 N–H and O–H groups in total. The lowest BCUT2D eigenvalue weighted by molar-refractivity contribution is -0.142. The summed E-state index contributed by atoms with van der Waals surface area (Å²) in [6.45, 7) is 3.96. The summed E-state index contributed by atoms with van der Waals surface area (Å²) in [5.74, 6) is -0.838. The van der Waals surface area contributed by atoms with Gasteiger partial charge in [0.25, 0.3) is 5.91 Å². The van der Waals surface area contributed by atoms with E-state index in [1.54, 1.807) is 18.4 Å². The van der Waals surface area contributed by atoms with E-state index < -0.39 is 11.9 Å². The van der Waals surface area contributed by atoms with Crippen LogP contribution < -0.4 is 16.0 Å². The van der Waals surface area contributed by atoms with E-state index in [-0.39, 0.29) is 23.2 Å². The standard InChI is InChI=1S/C19H19N5O4S2/c1-3-28-15(25)8-13-9-29-18(21-13)23-16(26)14-10-30-19(22-14)24-17(27)20-12-6-4-5-11(2)7-12/h4-7,9-10H,3,8H2,1-2H3,(H,21,23,26)(H2,20,22,24,27). The minimum Gasteiger partial charge on any atom is -0.466 e. The van der Waals surface area contributed by atoms with Crippen LogP contribution in [0.4, 0.5) is 20.7 Å². The lowest BCUT2D eigenvalue weighted by Crippen LogP contribution is -2.19. The van der Waals surface area contributed by atoms with Gasteiger partial charge in [-0.25, -0.2) is 14.8 Å². The van der Waals surface area contributed by atoms with Crippen molar-refractivity contribution in [3.8, 4) is 0 Å². The number of esters is 1. The molecule has 3 amide bonds. The lowest BCUT2D eigenvalue weighted by atomic mass is 10.2. The van der Waals surface area contributed by atoms with E-state index in [0.717, 1.165) is 16.9 Å². The summed E-state index contributed by atoms with van der Waals surface area (Å²) in [4.78, 5) is 44.3. The number of ether oxygens (including phenoxy) is 1. The predicted molar refractivity (Wildman–Crippen MR) is 116 cm³/mol. The summed E-state index contributed by atoms with van der Waals surface area (Å²) < 4.78 is 4.87. The molecule has 2 aromatic heterocycles. The van der Waals surface area contributed by atoms with Crippen LogP contribution in [-0.4, -0.2) is 34.5 Å². The van der Waals surface area contributed by atoms with Gasteiger partial charge in [0.05, 0.1) is 18.7 Å². The van der Waals surface area contributed by atoms with Crippen molar-refractivity contribution in [1.82, 2.24) is 9.97 Å². The second kappa shape index (κ2) is 9.94. The molecule has 3 aromatic rings. The highest BCUT2D eigenvalue weighted by molar-refractivity contribution is 7.14. The third kappa shape index (κ3) is 6.09. The van der Waals surface area contributed by atoms with Crippen molar-refractivity contribution in [3.05, 3.63) is 52.0 Å². The van der Waals surface area contributed by atoms with Crippen molar-refractivity contribution in [2.45, 2.75) is 20.3 Å². The molecule has 0 aliphatic carbocycles. The number of aryl methyl sites for hydroxylation is 1. The normalized spacial score (nSPS) is 10.3. The predicted octanol–water partition coefficient (Wildman–Crippen LogP) is 3.91. The number of anilines is 3. The summed E-state index contributed by atoms with van der Waals surface area (Å²) in [5, 5.41) is 11.8. The third-order valence-electron chi connectivity index (χ3n) is 3.64. The topological polar surface area (TPSA) is 122 Å². The Hall–Kier alpha value is -3.31. The number of nitrogens with one attached hydrogen (secondary N) is 3. The van der Waals surface area contributed by atoms with E-state index in [0.29, 0.717) is 23.1 Å². The average Bonchev–Trinajstić information content (AvgIpc) is 3.31. The summed E-state index contributed by atoms with van der Waals surface area (Å²) >= 11 is 2.32. The minimum absolute atomic E-state index is 0.0427. The first kappa shape index (κ1) is 21.4. The van der Waals surface area contributed by atoms with Crippen LogP contribution in [0.5, 0.6) is 0 Å². The maximum atomic E-state index is 12.4. The molecule has 156 valence electrons. The lowest BCUT2D eigenvalue weighted by Gasteiger charge is -2.05. The number of thiazole rings is 2. The number of carbonyl (C=O) groups excluding carboxylic acids is 3. The molecule has 0 radical (unpaired) electrons. The Morgan fingerprint density at radius 1 is 1.03 bits per heavy atom. The molecule has 30 heavy (non-hydrogen) atoms. The molecule has 0 bridgehead atoms. The number of carbonyl (C=O) groups is 3. The Morgan fingerprint density at radius 2 is 1.80 bits per heavy atom. The molecule has 0 fully saturated rings. The molecule has 2 heterocycles. The summed E-state index contributed by atoms with van der Waals surface area (Å²) in [6, 6.07) is 6.93. The van der Waals surface area contributed by atoms with Gasteiger partial charge in [0.15, 0.2) is 10.3 Å². The van der Waals surface area contributed by atoms with Gasteiger partial charge in [-0.2, -0.15) is 0 Å². The quantitative estimate of drug-likeness (QED) is 0.474. The van der Waals surface area contributed by atoms with Gasteiger partial charge >= 0.3 is 12.0 Å². The van der Waals surface area contributed by atoms with Crippen LogP contribution in [0, 0.1) is 6.92 Å². The molecule has 9 nitrogen and oxygen atoms in total. The van der Waals surface area contributed by atoms with Gasteiger partial charge in [-0.05, 0) is 31.5 Å². The molecule has 0 atom stereocenters. The van der Waals surface area contributed by atoms with Crippen LogP contribution in [0.15, 0.2) is 35.0 Å². The monoisotopic (exact) mass is 445 g/mol.